The predicted molar refractivity (Wildman–Crippen MR) is 94.6 cm³/mol. The van der Waals surface area contributed by atoms with E-state index in [1.54, 1.807) is 13.0 Å². The van der Waals surface area contributed by atoms with Gasteiger partial charge in [-0.15, -0.1) is 10.2 Å². The summed E-state index contributed by atoms with van der Waals surface area (Å²) in [4.78, 5) is 0.304. The number of aromatic nitrogens is 2. The molecule has 1 heterocycles. The van der Waals surface area contributed by atoms with Gasteiger partial charge in [-0.25, -0.2) is 8.42 Å². The Hall–Kier alpha value is -1.73. The van der Waals surface area contributed by atoms with Gasteiger partial charge >= 0.3 is 0 Å². The zero-order valence-corrected chi connectivity index (χ0v) is 15.8. The van der Waals surface area contributed by atoms with Crippen molar-refractivity contribution in [3.05, 3.63) is 41.1 Å². The molecule has 0 saturated heterocycles. The molecule has 0 amide bonds. The average molecular weight is 363 g/mol. The maximum absolute atomic E-state index is 12.9. The molecule has 3 rings (SSSR count). The lowest BCUT2D eigenvalue weighted by Gasteiger charge is -2.19. The van der Waals surface area contributed by atoms with Crippen LogP contribution in [0.3, 0.4) is 0 Å². The summed E-state index contributed by atoms with van der Waals surface area (Å²) in [5, 5.41) is 7.83. The molecular weight excluding hydrogens is 338 g/mol. The van der Waals surface area contributed by atoms with Crippen LogP contribution in [0, 0.1) is 12.8 Å². The van der Waals surface area contributed by atoms with Crippen molar-refractivity contribution < 1.29 is 12.8 Å². The van der Waals surface area contributed by atoms with Crippen LogP contribution in [0.2, 0.25) is 0 Å². The van der Waals surface area contributed by atoms with Gasteiger partial charge in [-0.2, -0.15) is 4.72 Å². The van der Waals surface area contributed by atoms with E-state index in [0.717, 1.165) is 24.8 Å². The molecule has 0 aliphatic heterocycles. The highest BCUT2D eigenvalue weighted by Gasteiger charge is 2.27. The molecule has 1 aromatic heterocycles. The molecule has 0 fully saturated rings. The largest absolute Gasteiger partial charge is 0.424 e. The Balaban J connectivity index is 1.87. The van der Waals surface area contributed by atoms with E-state index in [1.165, 1.54) is 12.0 Å². The van der Waals surface area contributed by atoms with Crippen molar-refractivity contribution in [2.45, 2.75) is 63.8 Å². The molecular formula is C18H25N3O3S. The Morgan fingerprint density at radius 1 is 1.16 bits per heavy atom. The Bertz CT molecular complexity index is 843. The van der Waals surface area contributed by atoms with Crippen molar-refractivity contribution in [1.29, 1.82) is 0 Å². The van der Waals surface area contributed by atoms with Crippen molar-refractivity contribution in [3.8, 4) is 0 Å². The number of hydrogen-bond donors (Lipinski definition) is 1. The quantitative estimate of drug-likeness (QED) is 0.851. The Labute approximate surface area is 149 Å². The second kappa shape index (κ2) is 7.25. The topological polar surface area (TPSA) is 85.1 Å². The number of fused-ring (bicyclic) bond motifs is 1. The first-order valence-corrected chi connectivity index (χ1v) is 10.3. The first-order valence-electron chi connectivity index (χ1n) is 8.79. The second-order valence-electron chi connectivity index (χ2n) is 7.10. The minimum Gasteiger partial charge on any atom is -0.424 e. The zero-order chi connectivity index (χ0) is 18.0. The standard InChI is InChI=1S/C18H25N3O3S/c1-12(2)10-17(18-20-19-13(3)24-18)21-25(22,23)16-9-8-14-6-4-5-7-15(14)11-16/h8-9,11-12,17,21H,4-7,10H2,1-3H3. The summed E-state index contributed by atoms with van der Waals surface area (Å²) >= 11 is 0. The van der Waals surface area contributed by atoms with E-state index >= 15 is 0 Å². The van der Waals surface area contributed by atoms with Gasteiger partial charge in [0, 0.05) is 6.92 Å². The molecule has 0 radical (unpaired) electrons. The molecule has 0 saturated carbocycles. The predicted octanol–water partition coefficient (Wildman–Crippen LogP) is 3.32. The number of benzene rings is 1. The average Bonchev–Trinajstić information content (AvgIpc) is 2.99. The highest BCUT2D eigenvalue weighted by molar-refractivity contribution is 7.89. The molecule has 6 nitrogen and oxygen atoms in total. The number of hydrogen-bond acceptors (Lipinski definition) is 5. The lowest BCUT2D eigenvalue weighted by atomic mass is 9.92. The molecule has 0 bridgehead atoms. The smallest absolute Gasteiger partial charge is 0.241 e. The van der Waals surface area contributed by atoms with Gasteiger partial charge in [0.15, 0.2) is 0 Å². The van der Waals surface area contributed by atoms with Crippen molar-refractivity contribution in [3.63, 3.8) is 0 Å². The van der Waals surface area contributed by atoms with Crippen LogP contribution in [0.25, 0.3) is 0 Å². The Morgan fingerprint density at radius 2 is 1.88 bits per heavy atom. The van der Waals surface area contributed by atoms with Crippen LogP contribution in [0.4, 0.5) is 0 Å². The van der Waals surface area contributed by atoms with E-state index in [1.807, 2.05) is 26.0 Å². The zero-order valence-electron chi connectivity index (χ0n) is 14.9. The Morgan fingerprint density at radius 3 is 2.52 bits per heavy atom. The number of aryl methyl sites for hydroxylation is 3. The maximum atomic E-state index is 12.9. The number of nitrogens with zero attached hydrogens (tertiary/aromatic N) is 2. The van der Waals surface area contributed by atoms with E-state index in [4.69, 9.17) is 4.42 Å². The maximum Gasteiger partial charge on any atom is 0.241 e. The summed E-state index contributed by atoms with van der Waals surface area (Å²) < 4.78 is 34.0. The van der Waals surface area contributed by atoms with E-state index in [0.29, 0.717) is 23.1 Å². The van der Waals surface area contributed by atoms with E-state index in [2.05, 4.69) is 14.9 Å². The minimum absolute atomic E-state index is 0.281. The molecule has 1 aliphatic carbocycles. The lowest BCUT2D eigenvalue weighted by molar-refractivity contribution is 0.372. The molecule has 25 heavy (non-hydrogen) atoms. The third kappa shape index (κ3) is 4.27. The van der Waals surface area contributed by atoms with Crippen LogP contribution in [0.15, 0.2) is 27.5 Å². The number of rotatable bonds is 6. The molecule has 1 N–H and O–H groups in total. The molecule has 1 atom stereocenters. The third-order valence-electron chi connectivity index (χ3n) is 4.47. The third-order valence-corrected chi connectivity index (χ3v) is 5.94. The molecule has 136 valence electrons. The summed E-state index contributed by atoms with van der Waals surface area (Å²) in [6, 6.07) is 4.92. The normalized spacial score (nSPS) is 16.0. The first kappa shape index (κ1) is 18.1. The van der Waals surface area contributed by atoms with Crippen molar-refractivity contribution in [2.75, 3.05) is 0 Å². The fourth-order valence-electron chi connectivity index (χ4n) is 3.26. The molecule has 2 aromatic rings. The van der Waals surface area contributed by atoms with Gasteiger partial charge in [0.25, 0.3) is 0 Å². The molecule has 1 aromatic carbocycles. The van der Waals surface area contributed by atoms with Crippen LogP contribution < -0.4 is 4.72 Å². The van der Waals surface area contributed by atoms with Gasteiger partial charge in [-0.05, 0) is 61.3 Å². The van der Waals surface area contributed by atoms with Gasteiger partial charge in [0.1, 0.15) is 6.04 Å². The van der Waals surface area contributed by atoms with Crippen molar-refractivity contribution >= 4 is 10.0 Å². The fraction of sp³-hybridized carbons (Fsp3) is 0.556. The van der Waals surface area contributed by atoms with Crippen molar-refractivity contribution in [2.24, 2.45) is 5.92 Å². The lowest BCUT2D eigenvalue weighted by Crippen LogP contribution is -2.30. The number of nitrogens with one attached hydrogen (secondary N) is 1. The van der Waals surface area contributed by atoms with Gasteiger partial charge in [-0.3, -0.25) is 0 Å². The number of sulfonamides is 1. The first-order chi connectivity index (χ1) is 11.8. The van der Waals surface area contributed by atoms with Gasteiger partial charge in [-0.1, -0.05) is 19.9 Å². The van der Waals surface area contributed by atoms with Crippen molar-refractivity contribution in [1.82, 2.24) is 14.9 Å². The summed E-state index contributed by atoms with van der Waals surface area (Å²) in [6.45, 7) is 5.76. The van der Waals surface area contributed by atoms with Crippen LogP contribution in [-0.4, -0.2) is 18.6 Å². The summed E-state index contributed by atoms with van der Waals surface area (Å²) in [5.74, 6) is 1.02. The van der Waals surface area contributed by atoms with Crippen LogP contribution >= 0.6 is 0 Å². The minimum atomic E-state index is -3.66. The second-order valence-corrected chi connectivity index (χ2v) is 8.81. The molecule has 0 spiro atoms. The van der Waals surface area contributed by atoms with Crippen LogP contribution in [-0.2, 0) is 22.9 Å². The highest BCUT2D eigenvalue weighted by atomic mass is 32.2. The molecule has 1 unspecified atom stereocenters. The molecule has 7 heteroatoms. The SMILES string of the molecule is Cc1nnc(C(CC(C)C)NS(=O)(=O)c2ccc3c(c2)CCCC3)o1. The van der Waals surface area contributed by atoms with Crippen LogP contribution in [0.1, 0.15) is 62.1 Å². The van der Waals surface area contributed by atoms with E-state index < -0.39 is 16.1 Å². The summed E-state index contributed by atoms with van der Waals surface area (Å²) in [7, 11) is -3.66. The van der Waals surface area contributed by atoms with E-state index in [-0.39, 0.29) is 5.92 Å². The van der Waals surface area contributed by atoms with Gasteiger partial charge in [0.05, 0.1) is 4.90 Å². The molecule has 1 aliphatic rings. The van der Waals surface area contributed by atoms with Gasteiger partial charge < -0.3 is 4.42 Å². The van der Waals surface area contributed by atoms with Gasteiger partial charge in [0.2, 0.25) is 21.8 Å². The summed E-state index contributed by atoms with van der Waals surface area (Å²) in [6.07, 6.45) is 4.84. The fourth-order valence-corrected chi connectivity index (χ4v) is 4.51. The highest BCUT2D eigenvalue weighted by Crippen LogP contribution is 2.26. The monoisotopic (exact) mass is 363 g/mol. The summed E-state index contributed by atoms with van der Waals surface area (Å²) in [5.41, 5.74) is 2.40. The van der Waals surface area contributed by atoms with E-state index in [9.17, 15) is 8.42 Å². The van der Waals surface area contributed by atoms with Crippen LogP contribution in [0.5, 0.6) is 0 Å². The Kier molecular flexibility index (Phi) is 5.24.